The molecule has 1 saturated carbocycles. The summed E-state index contributed by atoms with van der Waals surface area (Å²) >= 11 is 0. The van der Waals surface area contributed by atoms with Crippen molar-refractivity contribution >= 4 is 0 Å². The van der Waals surface area contributed by atoms with Gasteiger partial charge < -0.3 is 36.2 Å². The third-order valence-corrected chi connectivity index (χ3v) is 8.78. The summed E-state index contributed by atoms with van der Waals surface area (Å²) in [5.41, 5.74) is 6.01. The smallest absolute Gasteiger partial charge is 0.0836 e. The molecule has 5 unspecified atom stereocenters. The quantitative estimate of drug-likeness (QED) is 0.187. The first kappa shape index (κ1) is 29.8. The Kier molecular flexibility index (Phi) is 13.5. The van der Waals surface area contributed by atoms with Crippen LogP contribution in [0, 0.1) is 35.5 Å². The van der Waals surface area contributed by atoms with E-state index in [9.17, 15) is 20.4 Å². The van der Waals surface area contributed by atoms with Crippen molar-refractivity contribution in [3.8, 4) is 11.8 Å². The molecule has 208 valence electrons. The maximum absolute atomic E-state index is 11.0. The number of piperidine rings is 1. The largest absolute Gasteiger partial charge is 0.396 e. The molecule has 0 aromatic heterocycles. The van der Waals surface area contributed by atoms with E-state index in [0.29, 0.717) is 44.1 Å². The monoisotopic (exact) mass is 508 g/mol. The Labute approximate surface area is 218 Å². The molecule has 1 heterocycles. The fourth-order valence-electron chi connectivity index (χ4n) is 6.41. The Morgan fingerprint density at radius 3 is 2.56 bits per heavy atom. The second-order valence-electron chi connectivity index (χ2n) is 11.6. The van der Waals surface area contributed by atoms with Gasteiger partial charge in [-0.1, -0.05) is 18.8 Å². The lowest BCUT2D eigenvalue weighted by Crippen LogP contribution is -2.44. The molecular weight excluding hydrogens is 456 g/mol. The van der Waals surface area contributed by atoms with Crippen LogP contribution < -0.4 is 11.1 Å². The van der Waals surface area contributed by atoms with Crippen molar-refractivity contribution < 1.29 is 25.2 Å². The lowest BCUT2D eigenvalue weighted by atomic mass is 9.79. The average molecular weight is 509 g/mol. The normalized spacial score (nSPS) is 37.0. The number of hydrogen-bond donors (Lipinski definition) is 6. The van der Waals surface area contributed by atoms with E-state index in [2.05, 4.69) is 17.2 Å². The summed E-state index contributed by atoms with van der Waals surface area (Å²) < 4.78 is 6.13. The van der Waals surface area contributed by atoms with E-state index in [1.54, 1.807) is 0 Å². The van der Waals surface area contributed by atoms with Crippen molar-refractivity contribution in [2.45, 2.75) is 127 Å². The number of nitrogens with one attached hydrogen (secondary N) is 1. The Bertz CT molecular complexity index is 668. The molecule has 0 bridgehead atoms. The number of nitrogens with two attached hydrogens (primary N) is 1. The fraction of sp³-hybridized carbons (Fsp3) is 0.931. The summed E-state index contributed by atoms with van der Waals surface area (Å²) in [5.74, 6) is 7.56. The lowest BCUT2D eigenvalue weighted by molar-refractivity contribution is -0.0755. The van der Waals surface area contributed by atoms with Crippen LogP contribution in [0.15, 0.2) is 0 Å². The zero-order valence-electron chi connectivity index (χ0n) is 22.2. The van der Waals surface area contributed by atoms with Crippen LogP contribution in [0.3, 0.4) is 0 Å². The van der Waals surface area contributed by atoms with Gasteiger partial charge in [0.25, 0.3) is 0 Å². The molecule has 0 amide bonds. The van der Waals surface area contributed by atoms with Gasteiger partial charge in [0.1, 0.15) is 0 Å². The van der Waals surface area contributed by atoms with Gasteiger partial charge in [-0.05, 0) is 95.4 Å². The van der Waals surface area contributed by atoms with E-state index in [1.807, 2.05) is 0 Å². The van der Waals surface area contributed by atoms with E-state index >= 15 is 0 Å². The van der Waals surface area contributed by atoms with E-state index in [1.165, 1.54) is 6.42 Å². The highest BCUT2D eigenvalue weighted by Gasteiger charge is 2.32. The molecular formula is C29H52N2O5. The van der Waals surface area contributed by atoms with Gasteiger partial charge in [-0.2, -0.15) is 0 Å². The lowest BCUT2D eigenvalue weighted by Gasteiger charge is -2.34. The number of ether oxygens (including phenoxy) is 1. The van der Waals surface area contributed by atoms with Crippen molar-refractivity contribution in [3.05, 3.63) is 0 Å². The summed E-state index contributed by atoms with van der Waals surface area (Å²) in [6.45, 7) is 1.83. The highest BCUT2D eigenvalue weighted by atomic mass is 16.5. The highest BCUT2D eigenvalue weighted by molar-refractivity contribution is 5.06. The maximum atomic E-state index is 11.0. The molecule has 1 saturated heterocycles. The van der Waals surface area contributed by atoms with Gasteiger partial charge in [0.15, 0.2) is 0 Å². The molecule has 0 spiro atoms. The number of aliphatic hydroxyl groups is 4. The number of rotatable bonds is 11. The second kappa shape index (κ2) is 16.3. The zero-order chi connectivity index (χ0) is 25.8. The molecule has 9 atom stereocenters. The fourth-order valence-corrected chi connectivity index (χ4v) is 6.41. The molecule has 7 nitrogen and oxygen atoms in total. The average Bonchev–Trinajstić information content (AvgIpc) is 2.86. The standard InChI is InChI=1S/C29H52N2O5/c30-29-20-22(14-16-31-29)7-4-18-36-28-19-23(11-13-27(28)35)10-12-26(34)24-8-3-6-21(15-17-32)5-1-2-9-25(24)33/h21-29,31-35H,1-2,4-5,7-20,30H2/t21-,22?,23?,24+,25-,26+,27?,28?,29?/m0/s1. The van der Waals surface area contributed by atoms with Gasteiger partial charge in [-0.15, -0.1) is 5.92 Å². The molecule has 0 aromatic rings. The Morgan fingerprint density at radius 1 is 0.944 bits per heavy atom. The van der Waals surface area contributed by atoms with E-state index in [-0.39, 0.29) is 30.7 Å². The van der Waals surface area contributed by atoms with Crippen LogP contribution in [0.1, 0.15) is 96.3 Å². The van der Waals surface area contributed by atoms with E-state index in [0.717, 1.165) is 70.8 Å². The summed E-state index contributed by atoms with van der Waals surface area (Å²) in [4.78, 5) is 0. The second-order valence-corrected chi connectivity index (χ2v) is 11.6. The predicted molar refractivity (Wildman–Crippen MR) is 142 cm³/mol. The zero-order valence-corrected chi connectivity index (χ0v) is 22.2. The minimum absolute atomic E-state index is 0.119. The predicted octanol–water partition coefficient (Wildman–Crippen LogP) is 2.68. The summed E-state index contributed by atoms with van der Waals surface area (Å²) in [7, 11) is 0. The van der Waals surface area contributed by atoms with Gasteiger partial charge in [-0.25, -0.2) is 0 Å². The van der Waals surface area contributed by atoms with Gasteiger partial charge in [0, 0.05) is 31.5 Å². The van der Waals surface area contributed by atoms with Crippen LogP contribution in [0.25, 0.3) is 0 Å². The van der Waals surface area contributed by atoms with Crippen LogP contribution >= 0.6 is 0 Å². The molecule has 7 N–H and O–H groups in total. The molecule has 3 aliphatic rings. The SMILES string of the molecule is NC1CC(CCCOC2CC(CC[C@@H](O)[C@@H]3CC#C[C@@H](CCO)CCCC[C@@H]3O)CCC2O)CCN1. The first-order valence-electron chi connectivity index (χ1n) is 14.7. The molecule has 0 aromatic carbocycles. The molecule has 1 aliphatic heterocycles. The van der Waals surface area contributed by atoms with Crippen molar-refractivity contribution in [1.82, 2.24) is 5.32 Å². The van der Waals surface area contributed by atoms with Gasteiger partial charge in [0.05, 0.1) is 30.6 Å². The molecule has 7 heteroatoms. The van der Waals surface area contributed by atoms with Gasteiger partial charge in [-0.3, -0.25) is 0 Å². The van der Waals surface area contributed by atoms with Crippen LogP contribution in [0.5, 0.6) is 0 Å². The first-order valence-corrected chi connectivity index (χ1v) is 14.7. The molecule has 2 aliphatic carbocycles. The minimum Gasteiger partial charge on any atom is -0.396 e. The van der Waals surface area contributed by atoms with Crippen molar-refractivity contribution in [2.75, 3.05) is 19.8 Å². The molecule has 2 fully saturated rings. The third kappa shape index (κ3) is 10.2. The van der Waals surface area contributed by atoms with Crippen LogP contribution in [0.2, 0.25) is 0 Å². The van der Waals surface area contributed by atoms with Crippen LogP contribution in [-0.4, -0.2) is 70.8 Å². The topological polar surface area (TPSA) is 128 Å². The van der Waals surface area contributed by atoms with Gasteiger partial charge >= 0.3 is 0 Å². The number of hydrogen-bond acceptors (Lipinski definition) is 7. The molecule has 36 heavy (non-hydrogen) atoms. The van der Waals surface area contributed by atoms with E-state index in [4.69, 9.17) is 10.5 Å². The Hall–Kier alpha value is -0.720. The first-order chi connectivity index (χ1) is 17.5. The van der Waals surface area contributed by atoms with Crippen LogP contribution in [0.4, 0.5) is 0 Å². The molecule has 3 rings (SSSR count). The minimum atomic E-state index is -0.576. The highest BCUT2D eigenvalue weighted by Crippen LogP contribution is 2.33. The summed E-state index contributed by atoms with van der Waals surface area (Å²) in [5, 5.41) is 44.8. The number of aliphatic hydroxyl groups excluding tert-OH is 4. The van der Waals surface area contributed by atoms with E-state index < -0.39 is 18.3 Å². The molecule has 0 radical (unpaired) electrons. The van der Waals surface area contributed by atoms with Crippen molar-refractivity contribution in [3.63, 3.8) is 0 Å². The summed E-state index contributed by atoms with van der Waals surface area (Å²) in [6, 6.07) is 0. The maximum Gasteiger partial charge on any atom is 0.0836 e. The Balaban J connectivity index is 1.40. The third-order valence-electron chi connectivity index (χ3n) is 8.78. The van der Waals surface area contributed by atoms with Crippen molar-refractivity contribution in [1.29, 1.82) is 0 Å². The Morgan fingerprint density at radius 2 is 1.75 bits per heavy atom. The van der Waals surface area contributed by atoms with Crippen molar-refractivity contribution in [2.24, 2.45) is 29.4 Å². The van der Waals surface area contributed by atoms with Gasteiger partial charge in [0.2, 0.25) is 0 Å². The van der Waals surface area contributed by atoms with Crippen LogP contribution in [-0.2, 0) is 4.74 Å². The summed E-state index contributed by atoms with van der Waals surface area (Å²) in [6.07, 6.45) is 11.7.